The van der Waals surface area contributed by atoms with E-state index in [1.54, 1.807) is 0 Å². The fraction of sp³-hybridized carbons (Fsp3) is 0.235. The van der Waals surface area contributed by atoms with Crippen LogP contribution < -0.4 is 5.43 Å². The van der Waals surface area contributed by atoms with Crippen LogP contribution in [-0.2, 0) is 6.42 Å². The van der Waals surface area contributed by atoms with Crippen molar-refractivity contribution in [3.8, 4) is 0 Å². The first-order chi connectivity index (χ1) is 9.29. The van der Waals surface area contributed by atoms with Gasteiger partial charge in [0.2, 0.25) is 5.43 Å². The quantitative estimate of drug-likeness (QED) is 0.651. The van der Waals surface area contributed by atoms with Crippen molar-refractivity contribution < 1.29 is 4.42 Å². The first-order valence-corrected chi connectivity index (χ1v) is 6.74. The predicted octanol–water partition coefficient (Wildman–Crippen LogP) is 4.29. The fourth-order valence-corrected chi connectivity index (χ4v) is 2.38. The highest BCUT2D eigenvalue weighted by molar-refractivity contribution is 5.89. The van der Waals surface area contributed by atoms with Crippen molar-refractivity contribution in [3.63, 3.8) is 0 Å². The Labute approximate surface area is 111 Å². The fourth-order valence-electron chi connectivity index (χ4n) is 2.38. The lowest BCUT2D eigenvalue weighted by atomic mass is 10.1. The number of unbranched alkanes of at least 4 members (excludes halogenated alkanes) is 1. The summed E-state index contributed by atoms with van der Waals surface area (Å²) >= 11 is 0. The Morgan fingerprint density at radius 1 is 1.00 bits per heavy atom. The molecule has 3 aromatic rings. The van der Waals surface area contributed by atoms with Crippen molar-refractivity contribution in [3.05, 3.63) is 58.3 Å². The molecule has 0 radical (unpaired) electrons. The topological polar surface area (TPSA) is 30.2 Å². The SMILES string of the molecule is CCCCc1ccc2c(=O)c3ccccc3oc2c1. The molecule has 0 bridgehead atoms. The highest BCUT2D eigenvalue weighted by Crippen LogP contribution is 2.20. The summed E-state index contributed by atoms with van der Waals surface area (Å²) in [5.74, 6) is 0. The van der Waals surface area contributed by atoms with E-state index in [9.17, 15) is 4.79 Å². The van der Waals surface area contributed by atoms with Crippen molar-refractivity contribution in [1.82, 2.24) is 0 Å². The van der Waals surface area contributed by atoms with E-state index in [0.717, 1.165) is 12.8 Å². The summed E-state index contributed by atoms with van der Waals surface area (Å²) in [6.07, 6.45) is 3.35. The van der Waals surface area contributed by atoms with Gasteiger partial charge in [-0.25, -0.2) is 0 Å². The largest absolute Gasteiger partial charge is 0.456 e. The normalized spacial score (nSPS) is 11.2. The standard InChI is InChI=1S/C17H16O2/c1-2-3-6-12-9-10-14-16(11-12)19-15-8-5-4-7-13(15)17(14)18/h4-5,7-11H,2-3,6H2,1H3. The molecule has 0 saturated heterocycles. The molecule has 0 aliphatic rings. The summed E-state index contributed by atoms with van der Waals surface area (Å²) in [7, 11) is 0. The number of hydrogen-bond acceptors (Lipinski definition) is 2. The first kappa shape index (κ1) is 12.0. The molecule has 0 aliphatic carbocycles. The Morgan fingerprint density at radius 3 is 2.63 bits per heavy atom. The number of para-hydroxylation sites is 1. The second-order valence-electron chi connectivity index (χ2n) is 4.86. The van der Waals surface area contributed by atoms with Crippen molar-refractivity contribution in [1.29, 1.82) is 0 Å². The smallest absolute Gasteiger partial charge is 0.200 e. The second-order valence-corrected chi connectivity index (χ2v) is 4.86. The van der Waals surface area contributed by atoms with Crippen LogP contribution in [0.15, 0.2) is 51.7 Å². The molecule has 2 aromatic carbocycles. The first-order valence-electron chi connectivity index (χ1n) is 6.74. The third-order valence-corrected chi connectivity index (χ3v) is 3.46. The molecule has 2 nitrogen and oxygen atoms in total. The van der Waals surface area contributed by atoms with E-state index in [2.05, 4.69) is 6.92 Å². The van der Waals surface area contributed by atoms with E-state index < -0.39 is 0 Å². The molecule has 0 N–H and O–H groups in total. The summed E-state index contributed by atoms with van der Waals surface area (Å²) in [5.41, 5.74) is 2.64. The Balaban J connectivity index is 2.23. The van der Waals surface area contributed by atoms with Gasteiger partial charge in [-0.3, -0.25) is 4.79 Å². The molecule has 2 heteroatoms. The van der Waals surface area contributed by atoms with E-state index in [0.29, 0.717) is 21.9 Å². The molecular weight excluding hydrogens is 236 g/mol. The van der Waals surface area contributed by atoms with Gasteiger partial charge in [-0.15, -0.1) is 0 Å². The van der Waals surface area contributed by atoms with Crippen LogP contribution in [0.3, 0.4) is 0 Å². The third kappa shape index (κ3) is 2.14. The third-order valence-electron chi connectivity index (χ3n) is 3.46. The monoisotopic (exact) mass is 252 g/mol. The van der Waals surface area contributed by atoms with Gasteiger partial charge >= 0.3 is 0 Å². The van der Waals surface area contributed by atoms with E-state index in [1.165, 1.54) is 12.0 Å². The Hall–Kier alpha value is -2.09. The van der Waals surface area contributed by atoms with Crippen molar-refractivity contribution in [2.45, 2.75) is 26.2 Å². The van der Waals surface area contributed by atoms with Crippen LogP contribution in [0.2, 0.25) is 0 Å². The lowest BCUT2D eigenvalue weighted by Gasteiger charge is -2.04. The van der Waals surface area contributed by atoms with Gasteiger partial charge in [-0.2, -0.15) is 0 Å². The minimum atomic E-state index is 0.0545. The average Bonchev–Trinajstić information content (AvgIpc) is 2.45. The van der Waals surface area contributed by atoms with E-state index in [4.69, 9.17) is 4.42 Å². The van der Waals surface area contributed by atoms with Crippen LogP contribution in [0.1, 0.15) is 25.3 Å². The molecule has 0 aliphatic heterocycles. The molecule has 3 rings (SSSR count). The van der Waals surface area contributed by atoms with Crippen molar-refractivity contribution >= 4 is 21.9 Å². The van der Waals surface area contributed by atoms with Gasteiger partial charge in [0.15, 0.2) is 0 Å². The molecule has 0 atom stereocenters. The lowest BCUT2D eigenvalue weighted by Crippen LogP contribution is -2.02. The predicted molar refractivity (Wildman–Crippen MR) is 78.6 cm³/mol. The Morgan fingerprint density at radius 2 is 1.79 bits per heavy atom. The van der Waals surface area contributed by atoms with Gasteiger partial charge in [0.05, 0.1) is 10.8 Å². The molecule has 1 heterocycles. The molecule has 96 valence electrons. The number of rotatable bonds is 3. The van der Waals surface area contributed by atoms with Crippen molar-refractivity contribution in [2.24, 2.45) is 0 Å². The number of fused-ring (bicyclic) bond motifs is 2. The molecule has 0 saturated carbocycles. The minimum absolute atomic E-state index is 0.0545. The molecule has 0 amide bonds. The van der Waals surface area contributed by atoms with Crippen LogP contribution in [0, 0.1) is 0 Å². The maximum absolute atomic E-state index is 12.4. The molecule has 0 unspecified atom stereocenters. The summed E-state index contributed by atoms with van der Waals surface area (Å²) in [5, 5.41) is 1.32. The highest BCUT2D eigenvalue weighted by Gasteiger charge is 2.07. The van der Waals surface area contributed by atoms with Crippen LogP contribution in [-0.4, -0.2) is 0 Å². The summed E-state index contributed by atoms with van der Waals surface area (Å²) in [6.45, 7) is 2.18. The van der Waals surface area contributed by atoms with Gasteiger partial charge in [-0.05, 0) is 42.7 Å². The zero-order valence-corrected chi connectivity index (χ0v) is 11.0. The number of aryl methyl sites for hydroxylation is 1. The van der Waals surface area contributed by atoms with Crippen LogP contribution in [0.25, 0.3) is 21.9 Å². The van der Waals surface area contributed by atoms with Gasteiger partial charge in [0.1, 0.15) is 11.2 Å². The Kier molecular flexibility index (Phi) is 3.08. The van der Waals surface area contributed by atoms with Crippen LogP contribution >= 0.6 is 0 Å². The highest BCUT2D eigenvalue weighted by atomic mass is 16.3. The van der Waals surface area contributed by atoms with Crippen LogP contribution in [0.4, 0.5) is 0 Å². The zero-order chi connectivity index (χ0) is 13.2. The molecule has 1 aromatic heterocycles. The number of hydrogen-bond donors (Lipinski definition) is 0. The lowest BCUT2D eigenvalue weighted by molar-refractivity contribution is 0.658. The van der Waals surface area contributed by atoms with Gasteiger partial charge in [-0.1, -0.05) is 31.5 Å². The van der Waals surface area contributed by atoms with E-state index >= 15 is 0 Å². The van der Waals surface area contributed by atoms with E-state index in [1.807, 2.05) is 42.5 Å². The average molecular weight is 252 g/mol. The maximum atomic E-state index is 12.4. The van der Waals surface area contributed by atoms with Gasteiger partial charge in [0, 0.05) is 0 Å². The molecule has 0 spiro atoms. The summed E-state index contributed by atoms with van der Waals surface area (Å²) < 4.78 is 5.85. The Bertz CT molecular complexity index is 784. The summed E-state index contributed by atoms with van der Waals surface area (Å²) in [6, 6.07) is 13.3. The van der Waals surface area contributed by atoms with E-state index in [-0.39, 0.29) is 5.43 Å². The van der Waals surface area contributed by atoms with Crippen LogP contribution in [0.5, 0.6) is 0 Å². The zero-order valence-electron chi connectivity index (χ0n) is 11.0. The van der Waals surface area contributed by atoms with Gasteiger partial charge < -0.3 is 4.42 Å². The molecule has 19 heavy (non-hydrogen) atoms. The number of benzene rings is 2. The minimum Gasteiger partial charge on any atom is -0.456 e. The molecule has 0 fully saturated rings. The summed E-state index contributed by atoms with van der Waals surface area (Å²) in [4.78, 5) is 12.4. The maximum Gasteiger partial charge on any atom is 0.200 e. The van der Waals surface area contributed by atoms with Crippen molar-refractivity contribution in [2.75, 3.05) is 0 Å². The molecular formula is C17H16O2. The second kappa shape index (κ2) is 4.88. The van der Waals surface area contributed by atoms with Gasteiger partial charge in [0.25, 0.3) is 0 Å².